The van der Waals surface area contributed by atoms with Crippen molar-refractivity contribution >= 4 is 11.9 Å². The van der Waals surface area contributed by atoms with Crippen LogP contribution in [-0.2, 0) is 9.53 Å². The van der Waals surface area contributed by atoms with E-state index in [2.05, 4.69) is 19.2 Å². The van der Waals surface area contributed by atoms with Gasteiger partial charge < -0.3 is 10.1 Å². The van der Waals surface area contributed by atoms with Gasteiger partial charge in [-0.15, -0.1) is 0 Å². The van der Waals surface area contributed by atoms with Crippen molar-refractivity contribution in [3.63, 3.8) is 0 Å². The van der Waals surface area contributed by atoms with Crippen LogP contribution >= 0.6 is 0 Å². The lowest BCUT2D eigenvalue weighted by Gasteiger charge is -2.41. The molecule has 1 amide bonds. The molecule has 4 atom stereocenters. The SMILES string of the molecule is CC(=O)OCC1(C)[C@@H]2CC[C@@]1(C)[C@@H](NC(=O)c1ccccc1)C2. The van der Waals surface area contributed by atoms with E-state index < -0.39 is 0 Å². The molecule has 2 fully saturated rings. The topological polar surface area (TPSA) is 55.4 Å². The van der Waals surface area contributed by atoms with Crippen LogP contribution in [0.2, 0.25) is 0 Å². The van der Waals surface area contributed by atoms with E-state index in [0.717, 1.165) is 19.3 Å². The molecule has 23 heavy (non-hydrogen) atoms. The predicted molar refractivity (Wildman–Crippen MR) is 87.9 cm³/mol. The lowest BCUT2D eigenvalue weighted by atomic mass is 9.68. The van der Waals surface area contributed by atoms with Gasteiger partial charge >= 0.3 is 5.97 Å². The van der Waals surface area contributed by atoms with E-state index in [1.54, 1.807) is 0 Å². The van der Waals surface area contributed by atoms with Gasteiger partial charge in [0.2, 0.25) is 0 Å². The van der Waals surface area contributed by atoms with Gasteiger partial charge in [0.1, 0.15) is 0 Å². The Morgan fingerprint density at radius 1 is 1.26 bits per heavy atom. The van der Waals surface area contributed by atoms with Crippen LogP contribution in [0.4, 0.5) is 0 Å². The molecule has 0 aliphatic heterocycles. The minimum absolute atomic E-state index is 0.0146. The van der Waals surface area contributed by atoms with E-state index in [4.69, 9.17) is 4.74 Å². The Bertz CT molecular complexity index is 614. The number of ether oxygens (including phenoxy) is 1. The van der Waals surface area contributed by atoms with Crippen LogP contribution in [0.1, 0.15) is 50.4 Å². The number of hydrogen-bond acceptors (Lipinski definition) is 3. The number of rotatable bonds is 4. The number of fused-ring (bicyclic) bond motifs is 2. The van der Waals surface area contributed by atoms with Gasteiger partial charge in [0, 0.05) is 23.9 Å². The lowest BCUT2D eigenvalue weighted by molar-refractivity contribution is -0.146. The van der Waals surface area contributed by atoms with Crippen LogP contribution in [0.3, 0.4) is 0 Å². The zero-order valence-electron chi connectivity index (χ0n) is 14.1. The Balaban J connectivity index is 1.76. The summed E-state index contributed by atoms with van der Waals surface area (Å²) >= 11 is 0. The second-order valence-corrected chi connectivity index (χ2v) is 7.48. The van der Waals surface area contributed by atoms with Gasteiger partial charge in [0.05, 0.1) is 6.61 Å². The second-order valence-electron chi connectivity index (χ2n) is 7.48. The maximum Gasteiger partial charge on any atom is 0.302 e. The number of carbonyl (C=O) groups excluding carboxylic acids is 2. The summed E-state index contributed by atoms with van der Waals surface area (Å²) in [5.74, 6) is 0.248. The van der Waals surface area contributed by atoms with Crippen LogP contribution in [0.15, 0.2) is 30.3 Å². The Hall–Kier alpha value is -1.84. The normalized spacial score (nSPS) is 35.1. The first-order chi connectivity index (χ1) is 10.9. The summed E-state index contributed by atoms with van der Waals surface area (Å²) in [4.78, 5) is 23.7. The molecule has 0 heterocycles. The molecule has 1 N–H and O–H groups in total. The van der Waals surface area contributed by atoms with Gasteiger partial charge in [-0.3, -0.25) is 9.59 Å². The minimum atomic E-state index is -0.231. The maximum atomic E-state index is 12.5. The molecule has 0 aromatic heterocycles. The van der Waals surface area contributed by atoms with Crippen molar-refractivity contribution < 1.29 is 14.3 Å². The fourth-order valence-corrected chi connectivity index (χ4v) is 4.62. The summed E-state index contributed by atoms with van der Waals surface area (Å²) in [7, 11) is 0. The van der Waals surface area contributed by atoms with E-state index in [1.807, 2.05) is 30.3 Å². The molecule has 2 saturated carbocycles. The molecule has 2 aliphatic rings. The fraction of sp³-hybridized carbons (Fsp3) is 0.579. The molecule has 2 aliphatic carbocycles. The van der Waals surface area contributed by atoms with Gasteiger partial charge in [-0.1, -0.05) is 32.0 Å². The maximum absolute atomic E-state index is 12.5. The fourth-order valence-electron chi connectivity index (χ4n) is 4.62. The summed E-state index contributed by atoms with van der Waals surface area (Å²) < 4.78 is 5.36. The first-order valence-corrected chi connectivity index (χ1v) is 8.36. The molecule has 4 heteroatoms. The number of hydrogen-bond donors (Lipinski definition) is 1. The number of benzene rings is 1. The third-order valence-electron chi connectivity index (χ3n) is 6.42. The molecule has 1 aromatic carbocycles. The number of nitrogens with one attached hydrogen (secondary N) is 1. The Labute approximate surface area is 137 Å². The molecule has 0 saturated heterocycles. The minimum Gasteiger partial charge on any atom is -0.465 e. The molecule has 0 spiro atoms. The first kappa shape index (κ1) is 16.0. The van der Waals surface area contributed by atoms with Crippen molar-refractivity contribution in [2.45, 2.75) is 46.1 Å². The Morgan fingerprint density at radius 3 is 2.61 bits per heavy atom. The number of amides is 1. The van der Waals surface area contributed by atoms with E-state index in [1.165, 1.54) is 6.92 Å². The summed E-state index contributed by atoms with van der Waals surface area (Å²) in [5, 5.41) is 3.23. The first-order valence-electron chi connectivity index (χ1n) is 8.36. The molecular weight excluding hydrogens is 290 g/mol. The molecule has 2 bridgehead atoms. The van der Waals surface area contributed by atoms with Crippen LogP contribution in [0, 0.1) is 16.7 Å². The third kappa shape index (κ3) is 2.54. The van der Waals surface area contributed by atoms with E-state index >= 15 is 0 Å². The van der Waals surface area contributed by atoms with Crippen LogP contribution in [0.5, 0.6) is 0 Å². The smallest absolute Gasteiger partial charge is 0.302 e. The van der Waals surface area contributed by atoms with Gasteiger partial charge in [0.25, 0.3) is 5.91 Å². The quantitative estimate of drug-likeness (QED) is 0.868. The van der Waals surface area contributed by atoms with Crippen molar-refractivity contribution in [1.29, 1.82) is 0 Å². The average molecular weight is 315 g/mol. The van der Waals surface area contributed by atoms with Gasteiger partial charge in [-0.25, -0.2) is 0 Å². The van der Waals surface area contributed by atoms with Crippen molar-refractivity contribution in [3.8, 4) is 0 Å². The number of carbonyl (C=O) groups is 2. The highest BCUT2D eigenvalue weighted by Gasteiger charge is 2.64. The Morgan fingerprint density at radius 2 is 1.96 bits per heavy atom. The average Bonchev–Trinajstić information content (AvgIpc) is 2.90. The molecular formula is C19H25NO3. The number of esters is 1. The molecule has 1 unspecified atom stereocenters. The van der Waals surface area contributed by atoms with Crippen molar-refractivity contribution in [3.05, 3.63) is 35.9 Å². The third-order valence-corrected chi connectivity index (χ3v) is 6.42. The summed E-state index contributed by atoms with van der Waals surface area (Å²) in [6.45, 7) is 6.35. The highest BCUT2D eigenvalue weighted by atomic mass is 16.5. The predicted octanol–water partition coefficient (Wildman–Crippen LogP) is 3.17. The van der Waals surface area contributed by atoms with Gasteiger partial charge in [0.15, 0.2) is 0 Å². The molecule has 124 valence electrons. The van der Waals surface area contributed by atoms with Crippen molar-refractivity contribution in [1.82, 2.24) is 5.32 Å². The van der Waals surface area contributed by atoms with Crippen LogP contribution in [-0.4, -0.2) is 24.5 Å². The van der Waals surface area contributed by atoms with E-state index in [0.29, 0.717) is 18.1 Å². The molecule has 4 nitrogen and oxygen atoms in total. The highest BCUT2D eigenvalue weighted by Crippen LogP contribution is 2.65. The van der Waals surface area contributed by atoms with Crippen molar-refractivity contribution in [2.75, 3.05) is 6.61 Å². The van der Waals surface area contributed by atoms with Crippen LogP contribution in [0.25, 0.3) is 0 Å². The van der Waals surface area contributed by atoms with E-state index in [-0.39, 0.29) is 28.7 Å². The molecule has 0 radical (unpaired) electrons. The zero-order valence-corrected chi connectivity index (χ0v) is 14.1. The Kier molecular flexibility index (Phi) is 3.95. The zero-order chi connectivity index (χ0) is 16.7. The van der Waals surface area contributed by atoms with Gasteiger partial charge in [-0.2, -0.15) is 0 Å². The summed E-state index contributed by atoms with van der Waals surface area (Å²) in [5.41, 5.74) is 0.603. The second kappa shape index (κ2) is 5.66. The van der Waals surface area contributed by atoms with E-state index in [9.17, 15) is 9.59 Å². The largest absolute Gasteiger partial charge is 0.465 e. The summed E-state index contributed by atoms with van der Waals surface area (Å²) in [6, 6.07) is 9.47. The van der Waals surface area contributed by atoms with Crippen molar-refractivity contribution in [2.24, 2.45) is 16.7 Å². The standard InChI is InChI=1S/C19H25NO3/c1-13(21)23-12-19(3)15-9-10-18(19,2)16(11-15)20-17(22)14-7-5-4-6-8-14/h4-8,15-16H,9-12H2,1-3H3,(H,20,22)/t15-,16+,18+,19?/m1/s1. The van der Waals surface area contributed by atoms with Gasteiger partial charge in [-0.05, 0) is 42.7 Å². The lowest BCUT2D eigenvalue weighted by Crippen LogP contribution is -2.48. The van der Waals surface area contributed by atoms with Crippen LogP contribution < -0.4 is 5.32 Å². The summed E-state index contributed by atoms with van der Waals surface area (Å²) in [6.07, 6.45) is 3.17. The molecule has 3 rings (SSSR count). The highest BCUT2D eigenvalue weighted by molar-refractivity contribution is 5.94. The monoisotopic (exact) mass is 315 g/mol. The molecule has 1 aromatic rings.